The van der Waals surface area contributed by atoms with Crippen LogP contribution >= 0.6 is 0 Å². The molecule has 0 aliphatic carbocycles. The Labute approximate surface area is 152 Å². The van der Waals surface area contributed by atoms with Gasteiger partial charge in [-0.15, -0.1) is 0 Å². The molecule has 0 bridgehead atoms. The van der Waals surface area contributed by atoms with E-state index in [1.54, 1.807) is 23.1 Å². The third kappa shape index (κ3) is 2.84. The molecule has 0 aromatic heterocycles. The van der Waals surface area contributed by atoms with E-state index in [-0.39, 0.29) is 17.9 Å². The molecule has 0 radical (unpaired) electrons. The van der Waals surface area contributed by atoms with Gasteiger partial charge in [-0.05, 0) is 53.9 Å². The average molecular weight is 346 g/mol. The van der Waals surface area contributed by atoms with Gasteiger partial charge in [0, 0.05) is 11.4 Å². The predicted octanol–water partition coefficient (Wildman–Crippen LogP) is 5.16. The number of nitrogens with zero attached hydrogens (tertiary/aromatic N) is 1. The second-order valence-electron chi connectivity index (χ2n) is 6.34. The van der Waals surface area contributed by atoms with E-state index in [4.69, 9.17) is 0 Å². The van der Waals surface area contributed by atoms with Crippen LogP contribution in [-0.2, 0) is 6.42 Å². The number of hydrogen-bond acceptors (Lipinski definition) is 2. The fourth-order valence-corrected chi connectivity index (χ4v) is 3.29. The average Bonchev–Trinajstić information content (AvgIpc) is 2.69. The Bertz CT molecular complexity index is 935. The van der Waals surface area contributed by atoms with Gasteiger partial charge in [0.2, 0.25) is 0 Å². The van der Waals surface area contributed by atoms with Crippen LogP contribution in [0.3, 0.4) is 0 Å². The topological polar surface area (TPSA) is 32.3 Å². The number of carbonyl (C=O) groups is 1. The number of anilines is 2. The predicted molar refractivity (Wildman–Crippen MR) is 102 cm³/mol. The Morgan fingerprint density at radius 2 is 1.65 bits per heavy atom. The maximum Gasteiger partial charge on any atom is 0.262 e. The van der Waals surface area contributed by atoms with Gasteiger partial charge in [-0.1, -0.05) is 43.3 Å². The van der Waals surface area contributed by atoms with Crippen molar-refractivity contribution in [1.82, 2.24) is 0 Å². The minimum Gasteiger partial charge on any atom is -0.360 e. The quantitative estimate of drug-likeness (QED) is 0.710. The third-order valence-electron chi connectivity index (χ3n) is 4.74. The number of nitrogens with one attached hydrogen (secondary N) is 1. The summed E-state index contributed by atoms with van der Waals surface area (Å²) in [4.78, 5) is 14.9. The molecule has 0 saturated carbocycles. The molecule has 3 aromatic rings. The minimum atomic E-state index is -0.353. The number of halogens is 1. The molecule has 0 saturated heterocycles. The number of rotatable bonds is 3. The molecule has 1 atom stereocenters. The highest BCUT2D eigenvalue weighted by Crippen LogP contribution is 2.36. The van der Waals surface area contributed by atoms with Crippen molar-refractivity contribution in [3.63, 3.8) is 0 Å². The van der Waals surface area contributed by atoms with E-state index < -0.39 is 0 Å². The molecular weight excluding hydrogens is 327 g/mol. The van der Waals surface area contributed by atoms with Gasteiger partial charge >= 0.3 is 0 Å². The minimum absolute atomic E-state index is 0.101. The van der Waals surface area contributed by atoms with Gasteiger partial charge in [0.15, 0.2) is 0 Å². The zero-order valence-corrected chi connectivity index (χ0v) is 14.4. The van der Waals surface area contributed by atoms with Crippen LogP contribution < -0.4 is 10.2 Å². The molecule has 1 aliphatic rings. The van der Waals surface area contributed by atoms with E-state index in [1.165, 1.54) is 17.7 Å². The van der Waals surface area contributed by atoms with Gasteiger partial charge in [0.05, 0.1) is 5.56 Å². The Balaban J connectivity index is 1.82. The molecule has 0 unspecified atom stereocenters. The monoisotopic (exact) mass is 346 g/mol. The Kier molecular flexibility index (Phi) is 4.17. The summed E-state index contributed by atoms with van der Waals surface area (Å²) in [6, 6.07) is 21.7. The first-order chi connectivity index (χ1) is 12.7. The summed E-state index contributed by atoms with van der Waals surface area (Å²) < 4.78 is 13.4. The van der Waals surface area contributed by atoms with Gasteiger partial charge in [0.1, 0.15) is 12.0 Å². The molecule has 4 rings (SSSR count). The summed E-state index contributed by atoms with van der Waals surface area (Å²) in [5.74, 6) is -0.425. The maximum absolute atomic E-state index is 13.4. The summed E-state index contributed by atoms with van der Waals surface area (Å²) in [7, 11) is 0. The first-order valence-corrected chi connectivity index (χ1v) is 8.71. The van der Waals surface area contributed by atoms with Crippen molar-refractivity contribution in [2.75, 3.05) is 10.2 Å². The van der Waals surface area contributed by atoms with Crippen LogP contribution in [0.4, 0.5) is 15.8 Å². The number of aryl methyl sites for hydroxylation is 1. The lowest BCUT2D eigenvalue weighted by molar-refractivity contribution is 0.0975. The molecule has 26 heavy (non-hydrogen) atoms. The Hall–Kier alpha value is -3.14. The highest BCUT2D eigenvalue weighted by molar-refractivity contribution is 6.12. The van der Waals surface area contributed by atoms with Crippen LogP contribution in [0, 0.1) is 5.82 Å². The van der Waals surface area contributed by atoms with E-state index in [0.29, 0.717) is 11.3 Å². The van der Waals surface area contributed by atoms with Crippen molar-refractivity contribution < 1.29 is 9.18 Å². The Morgan fingerprint density at radius 3 is 2.35 bits per heavy atom. The molecular formula is C22H19FN2O. The van der Waals surface area contributed by atoms with Gasteiger partial charge < -0.3 is 5.32 Å². The van der Waals surface area contributed by atoms with Crippen LogP contribution in [0.5, 0.6) is 0 Å². The molecule has 3 aromatic carbocycles. The van der Waals surface area contributed by atoms with Crippen molar-refractivity contribution in [3.05, 3.63) is 95.3 Å². The third-order valence-corrected chi connectivity index (χ3v) is 4.74. The number of para-hydroxylation sites is 1. The van der Waals surface area contributed by atoms with Crippen molar-refractivity contribution in [1.29, 1.82) is 0 Å². The van der Waals surface area contributed by atoms with E-state index >= 15 is 0 Å². The number of amides is 1. The van der Waals surface area contributed by atoms with Crippen LogP contribution in [-0.4, -0.2) is 5.91 Å². The number of carbonyl (C=O) groups excluding carboxylic acids is 1. The zero-order chi connectivity index (χ0) is 18.1. The number of fused-ring (bicyclic) bond motifs is 1. The lowest BCUT2D eigenvalue weighted by atomic mass is 10.0. The maximum atomic E-state index is 13.4. The summed E-state index contributed by atoms with van der Waals surface area (Å²) in [5, 5.41) is 3.46. The Morgan fingerprint density at radius 1 is 0.962 bits per heavy atom. The fraction of sp³-hybridized carbons (Fsp3) is 0.136. The summed E-state index contributed by atoms with van der Waals surface area (Å²) in [5.41, 5.74) is 4.29. The smallest absolute Gasteiger partial charge is 0.262 e. The second-order valence-corrected chi connectivity index (χ2v) is 6.34. The van der Waals surface area contributed by atoms with Crippen molar-refractivity contribution in [2.24, 2.45) is 0 Å². The molecule has 1 heterocycles. The SMILES string of the molecule is CCc1ccc([C@H]2Nc3ccccc3C(=O)N2c2ccc(F)cc2)cc1. The first-order valence-electron chi connectivity index (χ1n) is 8.71. The van der Waals surface area contributed by atoms with Gasteiger partial charge in [-0.25, -0.2) is 4.39 Å². The van der Waals surface area contributed by atoms with Crippen LogP contribution in [0.1, 0.15) is 34.6 Å². The van der Waals surface area contributed by atoms with E-state index in [2.05, 4.69) is 24.4 Å². The van der Waals surface area contributed by atoms with Crippen molar-refractivity contribution >= 4 is 17.3 Å². The lowest BCUT2D eigenvalue weighted by Crippen LogP contribution is -2.43. The summed E-state index contributed by atoms with van der Waals surface area (Å²) in [6.07, 6.45) is 0.607. The zero-order valence-electron chi connectivity index (χ0n) is 14.4. The largest absolute Gasteiger partial charge is 0.360 e. The van der Waals surface area contributed by atoms with Gasteiger partial charge in [-0.3, -0.25) is 9.69 Å². The highest BCUT2D eigenvalue weighted by Gasteiger charge is 2.33. The molecule has 0 fully saturated rings. The fourth-order valence-electron chi connectivity index (χ4n) is 3.29. The van der Waals surface area contributed by atoms with Gasteiger partial charge in [-0.2, -0.15) is 0 Å². The van der Waals surface area contributed by atoms with Crippen LogP contribution in [0.25, 0.3) is 0 Å². The summed E-state index contributed by atoms with van der Waals surface area (Å²) in [6.45, 7) is 2.11. The number of benzene rings is 3. The highest BCUT2D eigenvalue weighted by atomic mass is 19.1. The molecule has 4 heteroatoms. The van der Waals surface area contributed by atoms with Crippen LogP contribution in [0.15, 0.2) is 72.8 Å². The molecule has 130 valence electrons. The summed E-state index contributed by atoms with van der Waals surface area (Å²) >= 11 is 0. The van der Waals surface area contributed by atoms with Gasteiger partial charge in [0.25, 0.3) is 5.91 Å². The lowest BCUT2D eigenvalue weighted by Gasteiger charge is -2.38. The van der Waals surface area contributed by atoms with Crippen LogP contribution in [0.2, 0.25) is 0 Å². The normalized spacial score (nSPS) is 16.2. The second kappa shape index (κ2) is 6.64. The molecule has 0 spiro atoms. The van der Waals surface area contributed by atoms with E-state index in [0.717, 1.165) is 17.7 Å². The van der Waals surface area contributed by atoms with Crippen molar-refractivity contribution in [3.8, 4) is 0 Å². The van der Waals surface area contributed by atoms with E-state index in [1.807, 2.05) is 30.3 Å². The first kappa shape index (κ1) is 16.3. The van der Waals surface area contributed by atoms with E-state index in [9.17, 15) is 9.18 Å². The van der Waals surface area contributed by atoms with Crippen molar-refractivity contribution in [2.45, 2.75) is 19.5 Å². The molecule has 1 amide bonds. The number of hydrogen-bond donors (Lipinski definition) is 1. The standard InChI is InChI=1S/C22H19FN2O/c1-2-15-7-9-16(10-8-15)21-24-20-6-4-3-5-19(20)22(26)25(21)18-13-11-17(23)12-14-18/h3-14,21,24H,2H2,1H3/t21-/m0/s1. The molecule has 3 nitrogen and oxygen atoms in total. The molecule has 1 aliphatic heterocycles. The molecule has 1 N–H and O–H groups in total.